The van der Waals surface area contributed by atoms with Crippen LogP contribution >= 0.6 is 0 Å². The molecule has 1 rings (SSSR count). The maximum Gasteiger partial charge on any atom is 0.0911 e. The molecule has 1 fully saturated rings. The summed E-state index contributed by atoms with van der Waals surface area (Å²) >= 11 is 0. The molecule has 0 bridgehead atoms. The summed E-state index contributed by atoms with van der Waals surface area (Å²) in [5, 5.41) is 0. The Balaban J connectivity index is 2.92. The lowest BCUT2D eigenvalue weighted by atomic mass is 9.85. The van der Waals surface area contributed by atoms with Crippen LogP contribution in [0.1, 0.15) is 48.0 Å². The van der Waals surface area contributed by atoms with Crippen molar-refractivity contribution in [2.24, 2.45) is 0 Å². The molecule has 0 N–H and O–H groups in total. The summed E-state index contributed by atoms with van der Waals surface area (Å²) in [6.07, 6.45) is 1.41. The fraction of sp³-hybridized carbons (Fsp3) is 1.00. The van der Waals surface area contributed by atoms with Crippen LogP contribution in [-0.2, 0) is 0 Å². The molecular weight excluding hydrogens is 146 g/mol. The molecule has 1 aliphatic heterocycles. The molecule has 0 aliphatic carbocycles. The van der Waals surface area contributed by atoms with Gasteiger partial charge in [0.15, 0.2) is 0 Å². The van der Waals surface area contributed by atoms with Crippen molar-refractivity contribution in [3.8, 4) is 0 Å². The van der Waals surface area contributed by atoms with E-state index in [1.54, 1.807) is 0 Å². The van der Waals surface area contributed by atoms with Gasteiger partial charge in [-0.2, -0.15) is 0 Å². The Morgan fingerprint density at radius 2 is 1.08 bits per heavy atom. The molecule has 1 aliphatic rings. The zero-order chi connectivity index (χ0) is 9.62. The molecule has 0 radical (unpaired) electrons. The minimum Gasteiger partial charge on any atom is -0.315 e. The summed E-state index contributed by atoms with van der Waals surface area (Å²) in [6.45, 7) is 17.0. The van der Waals surface area contributed by atoms with Gasteiger partial charge in [-0.1, -0.05) is 0 Å². The van der Waals surface area contributed by atoms with E-state index < -0.39 is 0 Å². The lowest BCUT2D eigenvalue weighted by molar-refractivity contribution is -1.04. The van der Waals surface area contributed by atoms with E-state index in [2.05, 4.69) is 41.5 Å². The largest absolute Gasteiger partial charge is 0.315 e. The highest BCUT2D eigenvalue weighted by atomic mass is 15.5. The standard InChI is InChI=1S/C11H24N/c1-10(2,3)12(8-7-9-12)11(4,5)6/h7-9H2,1-6H3/q+1. The van der Waals surface area contributed by atoms with Crippen molar-refractivity contribution in [3.63, 3.8) is 0 Å². The van der Waals surface area contributed by atoms with Gasteiger partial charge in [-0.15, -0.1) is 0 Å². The molecule has 0 aromatic heterocycles. The Hall–Kier alpha value is -0.0400. The number of nitrogens with zero attached hydrogens (tertiary/aromatic N) is 1. The molecule has 0 amide bonds. The Morgan fingerprint density at radius 3 is 1.08 bits per heavy atom. The average Bonchev–Trinajstić information content (AvgIpc) is 1.47. The Kier molecular flexibility index (Phi) is 2.07. The van der Waals surface area contributed by atoms with E-state index in [9.17, 15) is 0 Å². The average molecular weight is 170 g/mol. The van der Waals surface area contributed by atoms with Crippen molar-refractivity contribution >= 4 is 0 Å². The Bertz CT molecular complexity index is 148. The lowest BCUT2D eigenvalue weighted by Gasteiger charge is -2.62. The zero-order valence-electron chi connectivity index (χ0n) is 9.57. The summed E-state index contributed by atoms with van der Waals surface area (Å²) < 4.78 is 1.29. The molecule has 1 heterocycles. The van der Waals surface area contributed by atoms with E-state index in [0.29, 0.717) is 11.1 Å². The maximum atomic E-state index is 2.37. The molecule has 72 valence electrons. The first-order valence-electron chi connectivity index (χ1n) is 5.08. The third-order valence-electron chi connectivity index (χ3n) is 3.65. The van der Waals surface area contributed by atoms with E-state index in [4.69, 9.17) is 0 Å². The molecule has 0 aromatic carbocycles. The van der Waals surface area contributed by atoms with Crippen molar-refractivity contribution in [2.75, 3.05) is 13.1 Å². The topological polar surface area (TPSA) is 0 Å². The van der Waals surface area contributed by atoms with Crippen LogP contribution in [0.2, 0.25) is 0 Å². The van der Waals surface area contributed by atoms with Gasteiger partial charge in [-0.25, -0.2) is 0 Å². The highest BCUT2D eigenvalue weighted by Crippen LogP contribution is 2.41. The maximum absolute atomic E-state index is 2.37. The van der Waals surface area contributed by atoms with Crippen LogP contribution in [-0.4, -0.2) is 28.7 Å². The van der Waals surface area contributed by atoms with E-state index in [0.717, 1.165) is 0 Å². The van der Waals surface area contributed by atoms with Gasteiger partial charge >= 0.3 is 0 Å². The van der Waals surface area contributed by atoms with Gasteiger partial charge in [0, 0.05) is 6.42 Å². The molecule has 12 heavy (non-hydrogen) atoms. The first-order valence-corrected chi connectivity index (χ1v) is 5.08. The normalized spacial score (nSPS) is 23.5. The summed E-state index contributed by atoms with van der Waals surface area (Å²) in [5.74, 6) is 0. The van der Waals surface area contributed by atoms with Crippen LogP contribution in [0, 0.1) is 0 Å². The van der Waals surface area contributed by atoms with Gasteiger partial charge in [0.25, 0.3) is 0 Å². The fourth-order valence-electron chi connectivity index (χ4n) is 2.82. The van der Waals surface area contributed by atoms with Crippen LogP contribution in [0.5, 0.6) is 0 Å². The van der Waals surface area contributed by atoms with Crippen molar-refractivity contribution in [3.05, 3.63) is 0 Å². The van der Waals surface area contributed by atoms with Gasteiger partial charge < -0.3 is 4.48 Å². The number of quaternary nitrogens is 1. The first kappa shape index (κ1) is 10.0. The predicted octanol–water partition coefficient (Wildman–Crippen LogP) is 2.80. The second-order valence-electron chi connectivity index (χ2n) is 6.11. The molecule has 0 atom stereocenters. The lowest BCUT2D eigenvalue weighted by Crippen LogP contribution is -2.75. The van der Waals surface area contributed by atoms with Gasteiger partial charge in [0.05, 0.1) is 24.2 Å². The van der Waals surface area contributed by atoms with E-state index in [-0.39, 0.29) is 0 Å². The second-order valence-corrected chi connectivity index (χ2v) is 6.11. The van der Waals surface area contributed by atoms with Crippen LogP contribution in [0.3, 0.4) is 0 Å². The highest BCUT2D eigenvalue weighted by molar-refractivity contribution is 4.78. The van der Waals surface area contributed by atoms with Gasteiger partial charge in [0.1, 0.15) is 0 Å². The second kappa shape index (κ2) is 2.47. The SMILES string of the molecule is CC(C)(C)[N+]1(C(C)(C)C)CCC1. The van der Waals surface area contributed by atoms with Crippen LogP contribution in [0.4, 0.5) is 0 Å². The van der Waals surface area contributed by atoms with E-state index >= 15 is 0 Å². The van der Waals surface area contributed by atoms with Crippen LogP contribution < -0.4 is 0 Å². The van der Waals surface area contributed by atoms with E-state index in [1.165, 1.54) is 24.0 Å². The fourth-order valence-corrected chi connectivity index (χ4v) is 2.82. The monoisotopic (exact) mass is 170 g/mol. The third kappa shape index (κ3) is 1.19. The van der Waals surface area contributed by atoms with E-state index in [1.807, 2.05) is 0 Å². The third-order valence-corrected chi connectivity index (χ3v) is 3.65. The van der Waals surface area contributed by atoms with Crippen molar-refractivity contribution in [2.45, 2.75) is 59.0 Å². The number of rotatable bonds is 0. The van der Waals surface area contributed by atoms with Crippen LogP contribution in [0.25, 0.3) is 0 Å². The summed E-state index contributed by atoms with van der Waals surface area (Å²) in [6, 6.07) is 0. The number of likely N-dealkylation sites (tertiary alicyclic amines) is 1. The van der Waals surface area contributed by atoms with Crippen molar-refractivity contribution in [1.29, 1.82) is 0 Å². The highest BCUT2D eigenvalue weighted by Gasteiger charge is 2.53. The first-order chi connectivity index (χ1) is 5.21. The van der Waals surface area contributed by atoms with Crippen molar-refractivity contribution < 1.29 is 4.48 Å². The van der Waals surface area contributed by atoms with Gasteiger partial charge in [0.2, 0.25) is 0 Å². The molecular formula is C11H24N+. The minimum atomic E-state index is 0.413. The number of hydrogen-bond acceptors (Lipinski definition) is 0. The van der Waals surface area contributed by atoms with Gasteiger partial charge in [-0.3, -0.25) is 0 Å². The smallest absolute Gasteiger partial charge is 0.0911 e. The quantitative estimate of drug-likeness (QED) is 0.490. The molecule has 1 nitrogen and oxygen atoms in total. The molecule has 0 aromatic rings. The Labute approximate surface area is 77.4 Å². The van der Waals surface area contributed by atoms with Gasteiger partial charge in [-0.05, 0) is 41.5 Å². The number of hydrogen-bond donors (Lipinski definition) is 0. The zero-order valence-corrected chi connectivity index (χ0v) is 9.57. The molecule has 0 unspecified atom stereocenters. The Morgan fingerprint density at radius 1 is 0.750 bits per heavy atom. The van der Waals surface area contributed by atoms with Crippen molar-refractivity contribution in [1.82, 2.24) is 0 Å². The summed E-state index contributed by atoms with van der Waals surface area (Å²) in [5.41, 5.74) is 0.826. The minimum absolute atomic E-state index is 0.413. The molecule has 0 spiro atoms. The molecule has 0 saturated carbocycles. The molecule has 1 saturated heterocycles. The van der Waals surface area contributed by atoms with Crippen LogP contribution in [0.15, 0.2) is 0 Å². The summed E-state index contributed by atoms with van der Waals surface area (Å²) in [4.78, 5) is 0. The summed E-state index contributed by atoms with van der Waals surface area (Å²) in [7, 11) is 0. The molecule has 1 heteroatoms. The predicted molar refractivity (Wildman–Crippen MR) is 54.1 cm³/mol.